The highest BCUT2D eigenvalue weighted by atomic mass is 31.1. The molecule has 0 heterocycles. The first-order valence-electron chi connectivity index (χ1n) is 1.16. The molecule has 0 fully saturated rings. The minimum atomic E-state index is -2.87. The summed E-state index contributed by atoms with van der Waals surface area (Å²) in [6.45, 7) is 0. The summed E-state index contributed by atoms with van der Waals surface area (Å²) >= 11 is 0. The molecule has 4 nitrogen and oxygen atoms in total. The fraction of sp³-hybridized carbons (Fsp3) is 1.00. The van der Waals surface area contributed by atoms with E-state index in [-0.39, 0.29) is 0 Å². The van der Waals surface area contributed by atoms with Crippen molar-refractivity contribution in [3.8, 4) is 0 Å². The van der Waals surface area contributed by atoms with Gasteiger partial charge < -0.3 is 5.73 Å². The second-order valence-electron chi connectivity index (χ2n) is 0.253. The minimum Gasteiger partial charge on any atom is -0.333 e. The first kappa shape index (κ1) is 9.36. The fourth-order valence-corrected chi connectivity index (χ4v) is 0. The van der Waals surface area contributed by atoms with Gasteiger partial charge in [-0.3, -0.25) is 0 Å². The average molecular weight is 112 g/mol. The van der Waals surface area contributed by atoms with Crippen LogP contribution in [0.2, 0.25) is 0 Å². The smallest absolute Gasteiger partial charge is 0.333 e. The first-order valence-corrected chi connectivity index (χ1v) is 2.33. The Bertz CT molecular complexity index is 33.8. The van der Waals surface area contributed by atoms with Gasteiger partial charge >= 0.3 is 8.25 Å². The Morgan fingerprint density at radius 2 is 1.50 bits per heavy atom. The van der Waals surface area contributed by atoms with Crippen LogP contribution >= 0.6 is 8.25 Å². The molecule has 0 rings (SSSR count). The van der Waals surface area contributed by atoms with E-state index in [1.165, 1.54) is 7.05 Å². The average Bonchev–Trinajstić information content (AvgIpc) is 1.41. The van der Waals surface area contributed by atoms with Crippen LogP contribution in [-0.4, -0.2) is 16.8 Å². The molecular formula is CH7NO3P+. The van der Waals surface area contributed by atoms with Gasteiger partial charge in [0.05, 0.1) is 0 Å². The molecule has 0 aliphatic carbocycles. The van der Waals surface area contributed by atoms with Crippen LogP contribution in [-0.2, 0) is 4.57 Å². The zero-order chi connectivity index (χ0) is 5.58. The second kappa shape index (κ2) is 8.88. The lowest BCUT2D eigenvalue weighted by molar-refractivity contribution is 0.405. The molecule has 0 radical (unpaired) electrons. The van der Waals surface area contributed by atoms with Gasteiger partial charge in [0.2, 0.25) is 0 Å². The van der Waals surface area contributed by atoms with Crippen LogP contribution in [0.3, 0.4) is 0 Å². The van der Waals surface area contributed by atoms with E-state index in [1.54, 1.807) is 0 Å². The van der Waals surface area contributed by atoms with Gasteiger partial charge in [-0.2, -0.15) is 0 Å². The standard InChI is InChI=1S/CH5N.HO3P/c1-2;1-4(2)3/h2H2,1H3;(H-,1,2,3)/p+1. The summed E-state index contributed by atoms with van der Waals surface area (Å²) in [5, 5.41) is 0. The molecule has 0 atom stereocenters. The van der Waals surface area contributed by atoms with Crippen molar-refractivity contribution in [1.82, 2.24) is 0 Å². The molecule has 0 bridgehead atoms. The predicted molar refractivity (Wildman–Crippen MR) is 22.2 cm³/mol. The molecule has 0 aromatic heterocycles. The van der Waals surface area contributed by atoms with Crippen LogP contribution in [0.15, 0.2) is 0 Å². The number of hydrogen-bond donors (Lipinski definition) is 3. The highest BCUT2D eigenvalue weighted by Gasteiger charge is 1.93. The highest BCUT2D eigenvalue weighted by Crippen LogP contribution is 1.98. The molecule has 0 spiro atoms. The van der Waals surface area contributed by atoms with E-state index < -0.39 is 8.25 Å². The van der Waals surface area contributed by atoms with E-state index in [4.69, 9.17) is 14.4 Å². The zero-order valence-corrected chi connectivity index (χ0v) is 4.22. The molecule has 0 saturated carbocycles. The zero-order valence-electron chi connectivity index (χ0n) is 3.33. The van der Waals surface area contributed by atoms with Crippen molar-refractivity contribution in [3.63, 3.8) is 0 Å². The summed E-state index contributed by atoms with van der Waals surface area (Å²) in [4.78, 5) is 14.2. The third kappa shape index (κ3) is 88400. The molecule has 5 heteroatoms. The second-order valence-corrected chi connectivity index (χ2v) is 0.758. The maximum atomic E-state index is 8.70. The first-order chi connectivity index (χ1) is 2.73. The van der Waals surface area contributed by atoms with Crippen molar-refractivity contribution < 1.29 is 14.4 Å². The monoisotopic (exact) mass is 112 g/mol. The number of rotatable bonds is 0. The maximum Gasteiger partial charge on any atom is 0.692 e. The Labute approximate surface area is 36.6 Å². The predicted octanol–water partition coefficient (Wildman–Crippen LogP) is -0.797. The summed E-state index contributed by atoms with van der Waals surface area (Å²) in [5.41, 5.74) is 4.50. The van der Waals surface area contributed by atoms with Crippen LogP contribution in [0.4, 0.5) is 0 Å². The molecule has 38 valence electrons. The SMILES string of the molecule is CN.O=[P+](O)O. The largest absolute Gasteiger partial charge is 0.692 e. The van der Waals surface area contributed by atoms with E-state index in [0.717, 1.165) is 0 Å². The van der Waals surface area contributed by atoms with Crippen LogP contribution in [0.25, 0.3) is 0 Å². The molecule has 0 aromatic carbocycles. The van der Waals surface area contributed by atoms with Gasteiger partial charge in [-0.05, 0) is 7.05 Å². The van der Waals surface area contributed by atoms with E-state index in [0.29, 0.717) is 0 Å². The maximum absolute atomic E-state index is 8.70. The highest BCUT2D eigenvalue weighted by molar-refractivity contribution is 7.30. The molecule has 4 N–H and O–H groups in total. The molecule has 0 aromatic rings. The Hall–Kier alpha value is -0.0200. The van der Waals surface area contributed by atoms with Crippen molar-refractivity contribution in [2.45, 2.75) is 0 Å². The van der Waals surface area contributed by atoms with E-state index in [2.05, 4.69) is 5.73 Å². The third-order valence-electron chi connectivity index (χ3n) is 0. The lowest BCUT2D eigenvalue weighted by atomic mass is 11.6. The summed E-state index contributed by atoms with van der Waals surface area (Å²) in [6, 6.07) is 0. The van der Waals surface area contributed by atoms with E-state index in [9.17, 15) is 0 Å². The van der Waals surface area contributed by atoms with E-state index in [1.807, 2.05) is 0 Å². The fourth-order valence-electron chi connectivity index (χ4n) is 0. The Morgan fingerprint density at radius 3 is 1.50 bits per heavy atom. The van der Waals surface area contributed by atoms with Crippen LogP contribution in [0.5, 0.6) is 0 Å². The summed E-state index contributed by atoms with van der Waals surface area (Å²) in [5.74, 6) is 0. The Kier molecular flexibility index (Phi) is 13.9. The van der Waals surface area contributed by atoms with Gasteiger partial charge in [-0.15, -0.1) is 9.79 Å². The number of hydrogen-bond acceptors (Lipinski definition) is 2. The quantitative estimate of drug-likeness (QED) is 0.358. The van der Waals surface area contributed by atoms with Gasteiger partial charge in [-0.1, -0.05) is 0 Å². The normalized spacial score (nSPS) is 5.33. The number of nitrogens with two attached hydrogens (primary N) is 1. The Morgan fingerprint density at radius 1 is 1.50 bits per heavy atom. The van der Waals surface area contributed by atoms with Crippen molar-refractivity contribution in [2.24, 2.45) is 5.73 Å². The van der Waals surface area contributed by atoms with Gasteiger partial charge in [0.15, 0.2) is 0 Å². The summed E-state index contributed by atoms with van der Waals surface area (Å²) in [6.07, 6.45) is 0. The third-order valence-corrected chi connectivity index (χ3v) is 0. The van der Waals surface area contributed by atoms with Crippen LogP contribution in [0, 0.1) is 0 Å². The van der Waals surface area contributed by atoms with Gasteiger partial charge in [0.1, 0.15) is 0 Å². The van der Waals surface area contributed by atoms with Gasteiger partial charge in [0.25, 0.3) is 0 Å². The van der Waals surface area contributed by atoms with Crippen molar-refractivity contribution in [2.75, 3.05) is 7.05 Å². The molecule has 0 aliphatic rings. The molecular weight excluding hydrogens is 105 g/mol. The summed E-state index contributed by atoms with van der Waals surface area (Å²) in [7, 11) is -1.37. The topological polar surface area (TPSA) is 83.6 Å². The minimum absolute atomic E-state index is 1.50. The van der Waals surface area contributed by atoms with Gasteiger partial charge in [0, 0.05) is 4.57 Å². The lowest BCUT2D eigenvalue weighted by Crippen LogP contribution is -1.69. The van der Waals surface area contributed by atoms with Crippen molar-refractivity contribution >= 4 is 8.25 Å². The van der Waals surface area contributed by atoms with E-state index >= 15 is 0 Å². The van der Waals surface area contributed by atoms with Crippen molar-refractivity contribution in [1.29, 1.82) is 0 Å². The lowest BCUT2D eigenvalue weighted by Gasteiger charge is -1.34. The molecule has 0 amide bonds. The Balaban J connectivity index is 0. The van der Waals surface area contributed by atoms with Crippen LogP contribution in [0.1, 0.15) is 0 Å². The molecule has 0 saturated heterocycles. The van der Waals surface area contributed by atoms with Crippen LogP contribution < -0.4 is 5.73 Å². The molecule has 0 aliphatic heterocycles. The summed E-state index contributed by atoms with van der Waals surface area (Å²) < 4.78 is 8.70. The molecule has 0 unspecified atom stereocenters. The molecule has 6 heavy (non-hydrogen) atoms. The van der Waals surface area contributed by atoms with Crippen molar-refractivity contribution in [3.05, 3.63) is 0 Å². The van der Waals surface area contributed by atoms with Gasteiger partial charge in [-0.25, -0.2) is 0 Å².